The van der Waals surface area contributed by atoms with E-state index >= 15 is 0 Å². The Morgan fingerprint density at radius 3 is 2.50 bits per heavy atom. The van der Waals surface area contributed by atoms with Gasteiger partial charge in [-0.3, -0.25) is 0 Å². The summed E-state index contributed by atoms with van der Waals surface area (Å²) in [7, 11) is 0. The summed E-state index contributed by atoms with van der Waals surface area (Å²) in [6.45, 7) is 8.06. The Hall–Kier alpha value is -0.820. The first-order valence-electron chi connectivity index (χ1n) is 8.52. The van der Waals surface area contributed by atoms with E-state index in [4.69, 9.17) is 0 Å². The summed E-state index contributed by atoms with van der Waals surface area (Å²) < 4.78 is 0. The lowest BCUT2D eigenvalue weighted by molar-refractivity contribution is 0.497. The van der Waals surface area contributed by atoms with Crippen LogP contribution in [-0.2, 0) is 12.8 Å². The molecule has 1 N–H and O–H groups in total. The molecular formula is C19H31N. The zero-order chi connectivity index (χ0) is 14.4. The van der Waals surface area contributed by atoms with Gasteiger partial charge in [0.15, 0.2) is 0 Å². The highest BCUT2D eigenvalue weighted by atomic mass is 14.9. The second-order valence-corrected chi connectivity index (χ2v) is 6.80. The number of aryl methyl sites for hydroxylation is 2. The maximum Gasteiger partial charge on any atom is 0.0291 e. The van der Waals surface area contributed by atoms with Crippen molar-refractivity contribution >= 4 is 0 Å². The highest BCUT2D eigenvalue weighted by Crippen LogP contribution is 2.24. The predicted octanol–water partition coefficient (Wildman–Crippen LogP) is 5.04. The van der Waals surface area contributed by atoms with Crippen molar-refractivity contribution in [3.05, 3.63) is 34.9 Å². The standard InChI is InChI=1S/C19H31N/c1-15(2)8-6-7-13-20-16(3)18-12-11-17-9-4-5-10-19(17)14-18/h11-12,14-16,20H,4-10,13H2,1-3H3. The fourth-order valence-corrected chi connectivity index (χ4v) is 3.14. The largest absolute Gasteiger partial charge is 0.310 e. The third-order valence-corrected chi connectivity index (χ3v) is 4.53. The number of unbranched alkanes of at least 4 members (excludes halogenated alkanes) is 1. The van der Waals surface area contributed by atoms with Crippen LogP contribution in [0, 0.1) is 5.92 Å². The van der Waals surface area contributed by atoms with Crippen LogP contribution in [0.2, 0.25) is 0 Å². The summed E-state index contributed by atoms with van der Waals surface area (Å²) in [6.07, 6.45) is 9.31. The third-order valence-electron chi connectivity index (χ3n) is 4.53. The molecule has 0 saturated heterocycles. The van der Waals surface area contributed by atoms with E-state index in [1.165, 1.54) is 50.5 Å². The molecule has 0 heterocycles. The van der Waals surface area contributed by atoms with Gasteiger partial charge in [0.05, 0.1) is 0 Å². The maximum atomic E-state index is 3.68. The van der Waals surface area contributed by atoms with Crippen molar-refractivity contribution in [1.29, 1.82) is 0 Å². The molecule has 1 aliphatic rings. The number of benzene rings is 1. The Bertz CT molecular complexity index is 408. The van der Waals surface area contributed by atoms with Gasteiger partial charge in [0.25, 0.3) is 0 Å². The minimum absolute atomic E-state index is 0.487. The number of hydrogen-bond donors (Lipinski definition) is 1. The van der Waals surface area contributed by atoms with Gasteiger partial charge in [-0.2, -0.15) is 0 Å². The van der Waals surface area contributed by atoms with Crippen molar-refractivity contribution in [1.82, 2.24) is 5.32 Å². The first kappa shape index (κ1) is 15.6. The SMILES string of the molecule is CC(C)CCCCNC(C)c1ccc2c(c1)CCCC2. The van der Waals surface area contributed by atoms with Gasteiger partial charge in [-0.1, -0.05) is 44.9 Å². The van der Waals surface area contributed by atoms with Gasteiger partial charge in [0.1, 0.15) is 0 Å². The van der Waals surface area contributed by atoms with Gasteiger partial charge < -0.3 is 5.32 Å². The summed E-state index contributed by atoms with van der Waals surface area (Å²) in [5.41, 5.74) is 4.65. The Morgan fingerprint density at radius 2 is 1.75 bits per heavy atom. The molecule has 112 valence electrons. The van der Waals surface area contributed by atoms with Crippen LogP contribution < -0.4 is 5.32 Å². The fraction of sp³-hybridized carbons (Fsp3) is 0.684. The van der Waals surface area contributed by atoms with Crippen LogP contribution in [-0.4, -0.2) is 6.54 Å². The highest BCUT2D eigenvalue weighted by molar-refractivity contribution is 5.35. The molecule has 0 amide bonds. The maximum absolute atomic E-state index is 3.68. The molecule has 0 bridgehead atoms. The molecule has 1 heteroatoms. The van der Waals surface area contributed by atoms with E-state index < -0.39 is 0 Å². The second-order valence-electron chi connectivity index (χ2n) is 6.80. The van der Waals surface area contributed by atoms with Crippen molar-refractivity contribution in [2.24, 2.45) is 5.92 Å². The molecule has 0 aliphatic heterocycles. The van der Waals surface area contributed by atoms with Crippen molar-refractivity contribution < 1.29 is 0 Å². The van der Waals surface area contributed by atoms with Crippen LogP contribution in [0.15, 0.2) is 18.2 Å². The van der Waals surface area contributed by atoms with Crippen molar-refractivity contribution in [3.8, 4) is 0 Å². The Labute approximate surface area is 125 Å². The summed E-state index contributed by atoms with van der Waals surface area (Å²) in [5.74, 6) is 0.841. The molecule has 1 nitrogen and oxygen atoms in total. The average molecular weight is 273 g/mol. The molecule has 0 radical (unpaired) electrons. The number of nitrogens with one attached hydrogen (secondary N) is 1. The predicted molar refractivity (Wildman–Crippen MR) is 88.2 cm³/mol. The Kier molecular flexibility index (Phi) is 6.09. The van der Waals surface area contributed by atoms with Gasteiger partial charge >= 0.3 is 0 Å². The topological polar surface area (TPSA) is 12.0 Å². The number of fused-ring (bicyclic) bond motifs is 1. The molecule has 0 fully saturated rings. The summed E-state index contributed by atoms with van der Waals surface area (Å²) in [5, 5.41) is 3.68. The summed E-state index contributed by atoms with van der Waals surface area (Å²) in [4.78, 5) is 0. The van der Waals surface area contributed by atoms with E-state index in [0.717, 1.165) is 12.5 Å². The van der Waals surface area contributed by atoms with E-state index in [2.05, 4.69) is 44.3 Å². The van der Waals surface area contributed by atoms with Crippen molar-refractivity contribution in [2.45, 2.75) is 71.8 Å². The van der Waals surface area contributed by atoms with Gasteiger partial charge in [0.2, 0.25) is 0 Å². The lowest BCUT2D eigenvalue weighted by Crippen LogP contribution is -2.20. The van der Waals surface area contributed by atoms with E-state index in [1.807, 2.05) is 0 Å². The van der Waals surface area contributed by atoms with E-state index in [0.29, 0.717) is 6.04 Å². The molecule has 0 saturated carbocycles. The van der Waals surface area contributed by atoms with E-state index in [1.54, 1.807) is 11.1 Å². The molecule has 1 aliphatic carbocycles. The molecule has 2 rings (SSSR count). The monoisotopic (exact) mass is 273 g/mol. The smallest absolute Gasteiger partial charge is 0.0291 e. The van der Waals surface area contributed by atoms with Crippen LogP contribution in [0.5, 0.6) is 0 Å². The lowest BCUT2D eigenvalue weighted by Gasteiger charge is -2.20. The van der Waals surface area contributed by atoms with E-state index in [9.17, 15) is 0 Å². The van der Waals surface area contributed by atoms with Crippen molar-refractivity contribution in [2.75, 3.05) is 6.54 Å². The van der Waals surface area contributed by atoms with Crippen LogP contribution in [0.3, 0.4) is 0 Å². The fourth-order valence-electron chi connectivity index (χ4n) is 3.14. The van der Waals surface area contributed by atoms with Crippen molar-refractivity contribution in [3.63, 3.8) is 0 Å². The summed E-state index contributed by atoms with van der Waals surface area (Å²) >= 11 is 0. The zero-order valence-corrected chi connectivity index (χ0v) is 13.5. The molecule has 1 atom stereocenters. The van der Waals surface area contributed by atoms with Crippen LogP contribution >= 0.6 is 0 Å². The molecular weight excluding hydrogens is 242 g/mol. The Balaban J connectivity index is 1.79. The number of hydrogen-bond acceptors (Lipinski definition) is 1. The normalized spacial score (nSPS) is 16.2. The first-order valence-corrected chi connectivity index (χ1v) is 8.52. The van der Waals surface area contributed by atoms with Gasteiger partial charge in [-0.05, 0) is 68.2 Å². The minimum Gasteiger partial charge on any atom is -0.310 e. The highest BCUT2D eigenvalue weighted by Gasteiger charge is 2.12. The van der Waals surface area contributed by atoms with Crippen LogP contribution in [0.25, 0.3) is 0 Å². The molecule has 0 spiro atoms. The average Bonchev–Trinajstić information content (AvgIpc) is 2.46. The Morgan fingerprint density at radius 1 is 1.00 bits per heavy atom. The molecule has 20 heavy (non-hydrogen) atoms. The molecule has 1 aromatic rings. The molecule has 0 aromatic heterocycles. The van der Waals surface area contributed by atoms with E-state index in [-0.39, 0.29) is 0 Å². The van der Waals surface area contributed by atoms with Crippen LogP contribution in [0.4, 0.5) is 0 Å². The quantitative estimate of drug-likeness (QED) is 0.686. The minimum atomic E-state index is 0.487. The summed E-state index contributed by atoms with van der Waals surface area (Å²) in [6, 6.07) is 7.62. The number of rotatable bonds is 7. The first-order chi connectivity index (χ1) is 9.66. The van der Waals surface area contributed by atoms with Gasteiger partial charge in [0, 0.05) is 6.04 Å². The third kappa shape index (κ3) is 4.63. The molecule has 1 unspecified atom stereocenters. The molecule has 1 aromatic carbocycles. The zero-order valence-electron chi connectivity index (χ0n) is 13.5. The van der Waals surface area contributed by atoms with Gasteiger partial charge in [-0.25, -0.2) is 0 Å². The van der Waals surface area contributed by atoms with Gasteiger partial charge in [-0.15, -0.1) is 0 Å². The second kappa shape index (κ2) is 7.83. The van der Waals surface area contributed by atoms with Crippen LogP contribution in [0.1, 0.15) is 75.6 Å². The lowest BCUT2D eigenvalue weighted by atomic mass is 9.89.